The number of aromatic carboxylic acids is 1. The van der Waals surface area contributed by atoms with E-state index in [1.165, 1.54) is 18.2 Å². The Hall–Kier alpha value is -1.42. The Balaban J connectivity index is 3.12. The third kappa shape index (κ3) is 1.79. The molecule has 0 saturated carbocycles. The third-order valence-corrected chi connectivity index (χ3v) is 1.36. The Labute approximate surface area is 72.8 Å². The standard InChI is InChI=1S/C7H4ClNO3/c8-6(10)4-2-1-3-5(9-4)7(11)12/h1-3H,(H,11,12). The molecule has 0 fully saturated rings. The Morgan fingerprint density at radius 3 is 2.42 bits per heavy atom. The molecular formula is C7H4ClNO3. The summed E-state index contributed by atoms with van der Waals surface area (Å²) in [6.45, 7) is 0. The van der Waals surface area contributed by atoms with Gasteiger partial charge in [0, 0.05) is 0 Å². The van der Waals surface area contributed by atoms with Gasteiger partial charge in [0.25, 0.3) is 5.24 Å². The number of aromatic nitrogens is 1. The van der Waals surface area contributed by atoms with Crippen LogP contribution in [0.3, 0.4) is 0 Å². The zero-order chi connectivity index (χ0) is 9.14. The summed E-state index contributed by atoms with van der Waals surface area (Å²) in [4.78, 5) is 24.4. The number of carboxylic acid groups (broad SMARTS) is 1. The largest absolute Gasteiger partial charge is 0.477 e. The quantitative estimate of drug-likeness (QED) is 0.702. The van der Waals surface area contributed by atoms with Crippen LogP contribution >= 0.6 is 11.6 Å². The van der Waals surface area contributed by atoms with Gasteiger partial charge < -0.3 is 5.11 Å². The van der Waals surface area contributed by atoms with Crippen molar-refractivity contribution in [3.63, 3.8) is 0 Å². The van der Waals surface area contributed by atoms with E-state index in [2.05, 4.69) is 4.98 Å². The predicted molar refractivity (Wildman–Crippen MR) is 41.4 cm³/mol. The van der Waals surface area contributed by atoms with Crippen LogP contribution in [0.15, 0.2) is 18.2 Å². The fraction of sp³-hybridized carbons (Fsp3) is 0. The molecule has 62 valence electrons. The molecule has 0 radical (unpaired) electrons. The fourth-order valence-corrected chi connectivity index (χ4v) is 0.769. The summed E-state index contributed by atoms with van der Waals surface area (Å²) in [5.74, 6) is -1.19. The lowest BCUT2D eigenvalue weighted by Gasteiger charge is -1.94. The molecule has 1 rings (SSSR count). The SMILES string of the molecule is O=C(O)c1cccc(C(=O)Cl)n1. The smallest absolute Gasteiger partial charge is 0.354 e. The first-order chi connectivity index (χ1) is 5.61. The van der Waals surface area contributed by atoms with Gasteiger partial charge in [0.05, 0.1) is 0 Å². The highest BCUT2D eigenvalue weighted by Gasteiger charge is 2.08. The van der Waals surface area contributed by atoms with E-state index in [-0.39, 0.29) is 11.4 Å². The monoisotopic (exact) mass is 185 g/mol. The molecule has 0 unspecified atom stereocenters. The molecule has 1 aromatic heterocycles. The number of carboxylic acids is 1. The van der Waals surface area contributed by atoms with Gasteiger partial charge in [0.15, 0.2) is 0 Å². The second-order valence-electron chi connectivity index (χ2n) is 1.99. The molecule has 0 bridgehead atoms. The number of hydrogen-bond acceptors (Lipinski definition) is 3. The third-order valence-electron chi connectivity index (χ3n) is 1.17. The van der Waals surface area contributed by atoms with E-state index >= 15 is 0 Å². The zero-order valence-electron chi connectivity index (χ0n) is 5.82. The van der Waals surface area contributed by atoms with Gasteiger partial charge in [-0.15, -0.1) is 0 Å². The number of hydrogen-bond donors (Lipinski definition) is 1. The minimum Gasteiger partial charge on any atom is -0.477 e. The van der Waals surface area contributed by atoms with E-state index in [1.807, 2.05) is 0 Å². The molecule has 5 heteroatoms. The Morgan fingerprint density at radius 2 is 1.92 bits per heavy atom. The minimum absolute atomic E-state index is 0.0587. The molecule has 0 aliphatic rings. The van der Waals surface area contributed by atoms with Crippen LogP contribution in [0.2, 0.25) is 0 Å². The highest BCUT2D eigenvalue weighted by Crippen LogP contribution is 2.02. The molecule has 0 aromatic carbocycles. The highest BCUT2D eigenvalue weighted by molar-refractivity contribution is 6.67. The summed E-state index contributed by atoms with van der Waals surface area (Å²) in [6, 6.07) is 4.04. The van der Waals surface area contributed by atoms with Crippen LogP contribution in [0.5, 0.6) is 0 Å². The Morgan fingerprint density at radius 1 is 1.33 bits per heavy atom. The summed E-state index contributed by atoms with van der Waals surface area (Å²) in [7, 11) is 0. The van der Waals surface area contributed by atoms with Crippen LogP contribution in [-0.4, -0.2) is 21.3 Å². The molecular weight excluding hydrogens is 182 g/mol. The van der Waals surface area contributed by atoms with Crippen molar-refractivity contribution in [2.24, 2.45) is 0 Å². The highest BCUT2D eigenvalue weighted by atomic mass is 35.5. The fourth-order valence-electron chi connectivity index (χ4n) is 0.663. The summed E-state index contributed by atoms with van der Waals surface area (Å²) in [5.41, 5.74) is -0.252. The molecule has 1 aromatic rings. The lowest BCUT2D eigenvalue weighted by atomic mass is 10.3. The zero-order valence-corrected chi connectivity index (χ0v) is 6.58. The second kappa shape index (κ2) is 3.32. The van der Waals surface area contributed by atoms with Crippen molar-refractivity contribution in [1.29, 1.82) is 0 Å². The van der Waals surface area contributed by atoms with Crippen molar-refractivity contribution < 1.29 is 14.7 Å². The normalized spacial score (nSPS) is 9.42. The van der Waals surface area contributed by atoms with Gasteiger partial charge in [0.2, 0.25) is 0 Å². The maximum Gasteiger partial charge on any atom is 0.354 e. The van der Waals surface area contributed by atoms with E-state index in [0.717, 1.165) is 0 Å². The van der Waals surface area contributed by atoms with Gasteiger partial charge in [-0.3, -0.25) is 4.79 Å². The summed E-state index contributed by atoms with van der Waals surface area (Å²) >= 11 is 5.09. The maximum atomic E-state index is 10.5. The van der Waals surface area contributed by atoms with Crippen molar-refractivity contribution in [3.05, 3.63) is 29.6 Å². The Kier molecular flexibility index (Phi) is 2.40. The molecule has 1 heterocycles. The van der Waals surface area contributed by atoms with Crippen molar-refractivity contribution >= 4 is 22.8 Å². The molecule has 1 N–H and O–H groups in total. The predicted octanol–water partition coefficient (Wildman–Crippen LogP) is 1.16. The van der Waals surface area contributed by atoms with E-state index in [0.29, 0.717) is 0 Å². The number of pyridine rings is 1. The molecule has 0 aliphatic heterocycles. The summed E-state index contributed by atoms with van der Waals surface area (Å²) in [6.07, 6.45) is 0. The number of halogens is 1. The molecule has 0 aliphatic carbocycles. The molecule has 4 nitrogen and oxygen atoms in total. The van der Waals surface area contributed by atoms with Crippen LogP contribution in [0.25, 0.3) is 0 Å². The number of nitrogens with zero attached hydrogens (tertiary/aromatic N) is 1. The van der Waals surface area contributed by atoms with Crippen LogP contribution in [0.1, 0.15) is 21.0 Å². The van der Waals surface area contributed by atoms with Crippen LogP contribution in [-0.2, 0) is 0 Å². The number of carbonyl (C=O) groups is 2. The summed E-state index contributed by atoms with van der Waals surface area (Å²) in [5, 5.41) is 7.71. The van der Waals surface area contributed by atoms with Gasteiger partial charge in [-0.25, -0.2) is 9.78 Å². The summed E-state index contributed by atoms with van der Waals surface area (Å²) < 4.78 is 0. The lowest BCUT2D eigenvalue weighted by molar-refractivity contribution is 0.0690. The number of rotatable bonds is 2. The molecule has 12 heavy (non-hydrogen) atoms. The topological polar surface area (TPSA) is 67.3 Å². The second-order valence-corrected chi connectivity index (χ2v) is 2.33. The first-order valence-corrected chi connectivity index (χ1v) is 3.39. The van der Waals surface area contributed by atoms with Crippen molar-refractivity contribution in [2.75, 3.05) is 0 Å². The van der Waals surface area contributed by atoms with Gasteiger partial charge >= 0.3 is 5.97 Å². The maximum absolute atomic E-state index is 10.5. The first-order valence-electron chi connectivity index (χ1n) is 3.01. The van der Waals surface area contributed by atoms with E-state index < -0.39 is 11.2 Å². The van der Waals surface area contributed by atoms with Gasteiger partial charge in [0.1, 0.15) is 11.4 Å². The van der Waals surface area contributed by atoms with Gasteiger partial charge in [-0.2, -0.15) is 0 Å². The molecule has 0 atom stereocenters. The van der Waals surface area contributed by atoms with Crippen molar-refractivity contribution in [2.45, 2.75) is 0 Å². The van der Waals surface area contributed by atoms with Crippen LogP contribution < -0.4 is 0 Å². The molecule has 0 spiro atoms. The van der Waals surface area contributed by atoms with Crippen LogP contribution in [0.4, 0.5) is 0 Å². The van der Waals surface area contributed by atoms with Crippen molar-refractivity contribution in [1.82, 2.24) is 4.98 Å². The Bertz CT molecular complexity index is 308. The average Bonchev–Trinajstić information content (AvgIpc) is 2.04. The van der Waals surface area contributed by atoms with Gasteiger partial charge in [-0.1, -0.05) is 6.07 Å². The van der Waals surface area contributed by atoms with Crippen molar-refractivity contribution in [3.8, 4) is 0 Å². The van der Waals surface area contributed by atoms with E-state index in [1.54, 1.807) is 0 Å². The van der Waals surface area contributed by atoms with E-state index in [4.69, 9.17) is 16.7 Å². The minimum atomic E-state index is -1.19. The van der Waals surface area contributed by atoms with Crippen LogP contribution in [0, 0.1) is 0 Å². The van der Waals surface area contributed by atoms with E-state index in [9.17, 15) is 9.59 Å². The molecule has 0 saturated heterocycles. The lowest BCUT2D eigenvalue weighted by Crippen LogP contribution is -2.03. The first kappa shape index (κ1) is 8.67. The number of carbonyl (C=O) groups excluding carboxylic acids is 1. The van der Waals surface area contributed by atoms with Gasteiger partial charge in [-0.05, 0) is 23.7 Å². The molecule has 0 amide bonds. The average molecular weight is 186 g/mol.